The first-order valence-corrected chi connectivity index (χ1v) is 9.50. The lowest BCUT2D eigenvalue weighted by molar-refractivity contribution is -0.120. The van der Waals surface area contributed by atoms with Gasteiger partial charge in [-0.25, -0.2) is 13.6 Å². The quantitative estimate of drug-likeness (QED) is 0.853. The third kappa shape index (κ3) is 3.65. The largest absolute Gasteiger partial charge is 0.482 e. The molecule has 7 nitrogen and oxygen atoms in total. The molecule has 0 saturated heterocycles. The molecule has 1 heterocycles. The lowest BCUT2D eigenvalue weighted by Crippen LogP contribution is -2.33. The molecule has 0 unspecified atom stereocenters. The number of nitrogens with two attached hydrogens (primary N) is 1. The molecule has 0 bridgehead atoms. The molecule has 0 spiro atoms. The van der Waals surface area contributed by atoms with E-state index in [9.17, 15) is 13.2 Å². The normalized spacial score (nSPS) is 13.2. The van der Waals surface area contributed by atoms with E-state index in [0.717, 1.165) is 5.56 Å². The number of hydrogen-bond acceptors (Lipinski definition) is 5. The van der Waals surface area contributed by atoms with Crippen LogP contribution in [0.1, 0.15) is 11.1 Å². The van der Waals surface area contributed by atoms with E-state index in [2.05, 4.69) is 0 Å². The SMILES string of the molecule is N#Cc1ccc(OCC(=O)N2CCc3cc(S(N)(=O)=O)ccc32)c(Cl)c1. The van der Waals surface area contributed by atoms with Crippen molar-refractivity contribution in [1.82, 2.24) is 0 Å². The maximum Gasteiger partial charge on any atom is 0.264 e. The van der Waals surface area contributed by atoms with Crippen molar-refractivity contribution in [3.8, 4) is 11.8 Å². The molecule has 9 heteroatoms. The van der Waals surface area contributed by atoms with Crippen molar-refractivity contribution in [3.05, 3.63) is 52.5 Å². The molecular formula is C17H14ClN3O4S. The van der Waals surface area contributed by atoms with E-state index in [-0.39, 0.29) is 22.4 Å². The van der Waals surface area contributed by atoms with E-state index in [1.165, 1.54) is 29.2 Å². The van der Waals surface area contributed by atoms with Gasteiger partial charge in [-0.2, -0.15) is 5.26 Å². The van der Waals surface area contributed by atoms with Crippen LogP contribution in [0.5, 0.6) is 5.75 Å². The Hall–Kier alpha value is -2.60. The number of nitriles is 1. The number of carbonyl (C=O) groups excluding carboxylic acids is 1. The number of anilines is 1. The molecule has 0 atom stereocenters. The molecule has 0 saturated carbocycles. The highest BCUT2D eigenvalue weighted by atomic mass is 35.5. The van der Waals surface area contributed by atoms with E-state index in [1.807, 2.05) is 6.07 Å². The lowest BCUT2D eigenvalue weighted by Gasteiger charge is -2.18. The van der Waals surface area contributed by atoms with E-state index in [1.54, 1.807) is 12.1 Å². The van der Waals surface area contributed by atoms with Gasteiger partial charge in [0.1, 0.15) is 5.75 Å². The summed E-state index contributed by atoms with van der Waals surface area (Å²) in [6.07, 6.45) is 0.530. The molecule has 2 N–H and O–H groups in total. The summed E-state index contributed by atoms with van der Waals surface area (Å²) in [5, 5.41) is 14.2. The summed E-state index contributed by atoms with van der Waals surface area (Å²) < 4.78 is 28.3. The number of benzene rings is 2. The van der Waals surface area contributed by atoms with E-state index in [0.29, 0.717) is 30.0 Å². The average Bonchev–Trinajstić information content (AvgIpc) is 3.02. The summed E-state index contributed by atoms with van der Waals surface area (Å²) in [4.78, 5) is 14.0. The number of fused-ring (bicyclic) bond motifs is 1. The molecule has 0 aromatic heterocycles. The van der Waals surface area contributed by atoms with Gasteiger partial charge in [-0.15, -0.1) is 0 Å². The van der Waals surface area contributed by atoms with Gasteiger partial charge in [-0.1, -0.05) is 11.6 Å². The number of amides is 1. The van der Waals surface area contributed by atoms with Crippen LogP contribution in [0.2, 0.25) is 5.02 Å². The fourth-order valence-corrected chi connectivity index (χ4v) is 3.52. The van der Waals surface area contributed by atoms with Gasteiger partial charge in [-0.3, -0.25) is 4.79 Å². The average molecular weight is 392 g/mol. The Bertz CT molecular complexity index is 1030. The molecule has 2 aromatic carbocycles. The topological polar surface area (TPSA) is 113 Å². The minimum absolute atomic E-state index is 0.0196. The van der Waals surface area contributed by atoms with Gasteiger partial charge < -0.3 is 9.64 Å². The van der Waals surface area contributed by atoms with Crippen molar-refractivity contribution in [2.75, 3.05) is 18.1 Å². The predicted molar refractivity (Wildman–Crippen MR) is 95.5 cm³/mol. The monoisotopic (exact) mass is 391 g/mol. The zero-order chi connectivity index (χ0) is 18.9. The van der Waals surface area contributed by atoms with Crippen molar-refractivity contribution in [2.24, 2.45) is 5.14 Å². The van der Waals surface area contributed by atoms with Crippen molar-refractivity contribution in [1.29, 1.82) is 5.26 Å². The molecule has 2 aromatic rings. The summed E-state index contributed by atoms with van der Waals surface area (Å²) >= 11 is 6.02. The van der Waals surface area contributed by atoms with Crippen LogP contribution in [0.25, 0.3) is 0 Å². The molecule has 0 radical (unpaired) electrons. The number of rotatable bonds is 4. The summed E-state index contributed by atoms with van der Waals surface area (Å²) in [7, 11) is -3.78. The van der Waals surface area contributed by atoms with Crippen LogP contribution in [-0.4, -0.2) is 27.5 Å². The number of hydrogen-bond donors (Lipinski definition) is 1. The number of primary sulfonamides is 1. The van der Waals surface area contributed by atoms with Crippen molar-refractivity contribution < 1.29 is 17.9 Å². The highest BCUT2D eigenvalue weighted by molar-refractivity contribution is 7.89. The summed E-state index contributed by atoms with van der Waals surface area (Å²) in [6, 6.07) is 10.9. The maximum atomic E-state index is 12.5. The molecule has 0 aliphatic carbocycles. The standard InChI is InChI=1S/C17H14ClN3O4S/c18-14-7-11(9-19)1-4-16(14)25-10-17(22)21-6-5-12-8-13(26(20,23)24)2-3-15(12)21/h1-4,7-8H,5-6,10H2,(H2,20,23,24). The Balaban J connectivity index is 1.72. The molecule has 134 valence electrons. The summed E-state index contributed by atoms with van der Waals surface area (Å²) in [5.74, 6) is 0.0237. The minimum atomic E-state index is -3.78. The minimum Gasteiger partial charge on any atom is -0.482 e. The van der Waals surface area contributed by atoms with Crippen molar-refractivity contribution >= 4 is 33.2 Å². The van der Waals surface area contributed by atoms with Gasteiger partial charge in [0, 0.05) is 12.2 Å². The van der Waals surface area contributed by atoms with Gasteiger partial charge in [-0.05, 0) is 48.4 Å². The van der Waals surface area contributed by atoms with E-state index >= 15 is 0 Å². The van der Waals surface area contributed by atoms with Crippen LogP contribution in [0.15, 0.2) is 41.3 Å². The number of halogens is 1. The molecule has 26 heavy (non-hydrogen) atoms. The molecule has 1 amide bonds. The van der Waals surface area contributed by atoms with Gasteiger partial charge in [0.15, 0.2) is 6.61 Å². The second kappa shape index (κ2) is 6.96. The second-order valence-corrected chi connectivity index (χ2v) is 7.65. The Labute approximate surface area is 155 Å². The first kappa shape index (κ1) is 18.2. The number of sulfonamides is 1. The van der Waals surface area contributed by atoms with Gasteiger partial charge in [0.05, 0.1) is 21.6 Å². The summed E-state index contributed by atoms with van der Waals surface area (Å²) in [5.41, 5.74) is 1.77. The first-order chi connectivity index (χ1) is 12.3. The number of nitrogens with zero attached hydrogens (tertiary/aromatic N) is 2. The Kier molecular flexibility index (Phi) is 4.87. The zero-order valence-electron chi connectivity index (χ0n) is 13.5. The van der Waals surface area contributed by atoms with Gasteiger partial charge in [0.25, 0.3) is 5.91 Å². The van der Waals surface area contributed by atoms with Crippen LogP contribution >= 0.6 is 11.6 Å². The maximum absolute atomic E-state index is 12.5. The molecule has 1 aliphatic heterocycles. The number of carbonyl (C=O) groups is 1. The Morgan fingerprint density at radius 1 is 1.31 bits per heavy atom. The Morgan fingerprint density at radius 2 is 2.08 bits per heavy atom. The molecule has 1 aliphatic rings. The first-order valence-electron chi connectivity index (χ1n) is 7.58. The number of ether oxygens (including phenoxy) is 1. The van der Waals surface area contributed by atoms with E-state index < -0.39 is 10.0 Å². The third-order valence-electron chi connectivity index (χ3n) is 3.99. The lowest BCUT2D eigenvalue weighted by atomic mass is 10.2. The summed E-state index contributed by atoms with van der Waals surface area (Å²) in [6.45, 7) is 0.189. The Morgan fingerprint density at radius 3 is 2.73 bits per heavy atom. The van der Waals surface area contributed by atoms with Crippen LogP contribution in [0.3, 0.4) is 0 Å². The van der Waals surface area contributed by atoms with Crippen molar-refractivity contribution in [2.45, 2.75) is 11.3 Å². The van der Waals surface area contributed by atoms with Crippen molar-refractivity contribution in [3.63, 3.8) is 0 Å². The smallest absolute Gasteiger partial charge is 0.264 e. The van der Waals surface area contributed by atoms with Gasteiger partial charge >= 0.3 is 0 Å². The molecule has 3 rings (SSSR count). The van der Waals surface area contributed by atoms with Crippen LogP contribution in [0, 0.1) is 11.3 Å². The fraction of sp³-hybridized carbons (Fsp3) is 0.176. The van der Waals surface area contributed by atoms with Crippen LogP contribution in [-0.2, 0) is 21.2 Å². The zero-order valence-corrected chi connectivity index (χ0v) is 15.0. The fourth-order valence-electron chi connectivity index (χ4n) is 2.72. The van der Waals surface area contributed by atoms with Crippen LogP contribution in [0.4, 0.5) is 5.69 Å². The predicted octanol–water partition coefficient (Wildman–Crippen LogP) is 1.83. The molecular weight excluding hydrogens is 378 g/mol. The highest BCUT2D eigenvalue weighted by Gasteiger charge is 2.26. The third-order valence-corrected chi connectivity index (χ3v) is 5.19. The highest BCUT2D eigenvalue weighted by Crippen LogP contribution is 2.30. The second-order valence-electron chi connectivity index (χ2n) is 5.68. The van der Waals surface area contributed by atoms with Crippen LogP contribution < -0.4 is 14.8 Å². The van der Waals surface area contributed by atoms with E-state index in [4.69, 9.17) is 26.7 Å². The van der Waals surface area contributed by atoms with Gasteiger partial charge in [0.2, 0.25) is 10.0 Å². The molecule has 0 fully saturated rings.